The number of carbonyl (C=O) groups is 4. The van der Waals surface area contributed by atoms with Crippen molar-refractivity contribution in [3.8, 4) is 5.75 Å². The van der Waals surface area contributed by atoms with Gasteiger partial charge in [-0.3, -0.25) is 29.8 Å². The highest BCUT2D eigenvalue weighted by Gasteiger charge is 2.43. The van der Waals surface area contributed by atoms with E-state index in [1.807, 2.05) is 48.6 Å². The summed E-state index contributed by atoms with van der Waals surface area (Å²) in [7, 11) is -4.68. The largest absolute Gasteiger partial charge is 0.545 e. The Bertz CT molecular complexity index is 4150. The first-order valence-corrected chi connectivity index (χ1v) is 35.9. The van der Waals surface area contributed by atoms with Crippen molar-refractivity contribution in [2.75, 3.05) is 69.8 Å². The first kappa shape index (κ1) is 68.4. The quantitative estimate of drug-likeness (QED) is 0.00530. The van der Waals surface area contributed by atoms with Gasteiger partial charge in [-0.15, -0.1) is 13.2 Å². The smallest absolute Gasteiger partial charge is 0.336 e. The SMILES string of the molecule is C=CCN(CC=C)c1ccc2c(c1)[Si](C)(C)C1=CC(=[N+](CC=C)CC=C)C=CC1=C2c1cc(OC=O)ccc1C(=O)O.C[Si]1(C)C2=CC(=N)C=CC2=C(c2cc(C(=O)NCCOCCOCCCc3ccc([N+](=O)[O-])cc3[N+](=O)[O-])ccc2C(=O)[O-])c2ccc(N)cc21. The first-order chi connectivity index (χ1) is 44.5. The number of allylic oxidation sites excluding steroid dienone is 10. The maximum Gasteiger partial charge on any atom is 0.336 e. The minimum atomic E-state index is -2.34. The van der Waals surface area contributed by atoms with Crippen LogP contribution in [0.4, 0.5) is 22.7 Å². The number of aromatic carboxylic acids is 2. The van der Waals surface area contributed by atoms with Crippen molar-refractivity contribution in [1.29, 1.82) is 5.41 Å². The number of rotatable bonds is 28. The lowest BCUT2D eigenvalue weighted by Gasteiger charge is -2.38. The van der Waals surface area contributed by atoms with E-state index in [0.717, 1.165) is 55.7 Å². The summed E-state index contributed by atoms with van der Waals surface area (Å²) in [5, 5.41) is 60.2. The molecule has 2 aliphatic carbocycles. The molecule has 0 saturated carbocycles. The lowest BCUT2D eigenvalue weighted by molar-refractivity contribution is -0.505. The second-order valence-corrected chi connectivity index (χ2v) is 31.8. The van der Waals surface area contributed by atoms with E-state index in [1.54, 1.807) is 24.3 Å². The summed E-state index contributed by atoms with van der Waals surface area (Å²) in [6.07, 6.45) is 20.0. The summed E-state index contributed by atoms with van der Waals surface area (Å²) in [5.74, 6) is -2.58. The van der Waals surface area contributed by atoms with Crippen LogP contribution in [-0.2, 0) is 20.7 Å². The number of nitrogens with zero attached hydrogens (tertiary/aromatic N) is 4. The predicted octanol–water partition coefficient (Wildman–Crippen LogP) is 9.32. The van der Waals surface area contributed by atoms with Gasteiger partial charge in [0.05, 0.1) is 53.0 Å². The Morgan fingerprint density at radius 1 is 0.688 bits per heavy atom. The lowest BCUT2D eigenvalue weighted by Crippen LogP contribution is -2.50. The van der Waals surface area contributed by atoms with E-state index in [2.05, 4.69) is 104 Å². The standard InChI is InChI=1S/C36H37N5O9Si.C35H36N2O4Si/c1-51(2)32-19-24(37)7-11-28(32)34(29-12-8-25(38)20-33(29)51)30-18-23(6-10-27(30)36(43)44)35(42)39-13-15-50-17-16-49-14-3-4-22-5-9-26(40(45)46)21-31(22)41(47)48;1-7-17-36(18-8-2)25-11-14-29-32(21-25)42(5,6)33-22-26(37(19-9-3)20-10-4)12-15-30(33)34(29)31-23-27(41-24-38)13-16-28(31)35(39)40/h5-12,18-21,37H,3-4,13-17,38H2,1-2H3,(H,39,42)(H,43,44);7-16,21-24H,1-4,17-20H2,5-6H3. The number of ether oxygens (including phenoxy) is 3. The molecule has 0 fully saturated rings. The second-order valence-electron chi connectivity index (χ2n) is 23.2. The number of nitrogen functional groups attached to an aromatic ring is 1. The molecule has 0 spiro atoms. The molecule has 0 bridgehead atoms. The lowest BCUT2D eigenvalue weighted by atomic mass is 9.86. The Morgan fingerprint density at radius 2 is 1.30 bits per heavy atom. The summed E-state index contributed by atoms with van der Waals surface area (Å²) >= 11 is 0. The number of fused-ring (bicyclic) bond motifs is 4. The molecule has 0 aromatic heterocycles. The normalized spacial score (nSPS) is 14.5. The van der Waals surface area contributed by atoms with Crippen LogP contribution in [-0.4, -0.2) is 131 Å². The average molecular weight is 1290 g/mol. The average Bonchev–Trinajstić information content (AvgIpc) is 0.727. The molecule has 93 heavy (non-hydrogen) atoms. The molecule has 2 heterocycles. The van der Waals surface area contributed by atoms with Crippen LogP contribution in [0, 0.1) is 25.6 Å². The number of nitrogens with two attached hydrogens (primary N) is 1. The number of hydrogen-bond acceptors (Lipinski definition) is 15. The third-order valence-electron chi connectivity index (χ3n) is 16.5. The zero-order chi connectivity index (χ0) is 67.3. The third-order valence-corrected chi connectivity index (χ3v) is 23.6. The minimum Gasteiger partial charge on any atom is -0.545 e. The molecule has 4 aliphatic rings. The number of nitro benzene ring substituents is 2. The number of benzene rings is 5. The molecular weight excluding hydrogens is 1210 g/mol. The van der Waals surface area contributed by atoms with Crippen molar-refractivity contribution < 1.29 is 58.0 Å². The van der Waals surface area contributed by atoms with Crippen molar-refractivity contribution in [3.63, 3.8) is 0 Å². The summed E-state index contributed by atoms with van der Waals surface area (Å²) < 4.78 is 18.5. The minimum absolute atomic E-state index is 0.0686. The molecule has 0 radical (unpaired) electrons. The molecule has 2 aliphatic heterocycles. The van der Waals surface area contributed by atoms with Gasteiger partial charge in [0, 0.05) is 78.1 Å². The second kappa shape index (κ2) is 30.1. The molecule has 9 rings (SSSR count). The number of amides is 1. The van der Waals surface area contributed by atoms with Crippen LogP contribution in [0.5, 0.6) is 5.75 Å². The number of carboxylic acids is 2. The van der Waals surface area contributed by atoms with Gasteiger partial charge < -0.3 is 50.6 Å². The number of aryl methyl sites for hydroxylation is 1. The molecule has 20 nitrogen and oxygen atoms in total. The van der Waals surface area contributed by atoms with Gasteiger partial charge in [0.1, 0.15) is 21.9 Å². The van der Waals surface area contributed by atoms with Gasteiger partial charge in [-0.1, -0.05) is 75.8 Å². The Balaban J connectivity index is 0.000000244. The molecule has 478 valence electrons. The number of nitro groups is 2. The van der Waals surface area contributed by atoms with Crippen LogP contribution in [0.2, 0.25) is 26.2 Å². The van der Waals surface area contributed by atoms with Crippen molar-refractivity contribution in [1.82, 2.24) is 5.32 Å². The van der Waals surface area contributed by atoms with Crippen LogP contribution >= 0.6 is 0 Å². The number of carboxylic acid groups (broad SMARTS) is 2. The Hall–Kier alpha value is -10.5. The maximum atomic E-state index is 13.2. The highest BCUT2D eigenvalue weighted by Crippen LogP contribution is 2.45. The molecule has 22 heteroatoms. The van der Waals surface area contributed by atoms with E-state index in [-0.39, 0.29) is 60.2 Å². The molecule has 5 aromatic carbocycles. The summed E-state index contributed by atoms with van der Waals surface area (Å²) in [5.41, 5.74) is 15.1. The summed E-state index contributed by atoms with van der Waals surface area (Å²) in [6.45, 7) is 28.8. The zero-order valence-corrected chi connectivity index (χ0v) is 54.3. The zero-order valence-electron chi connectivity index (χ0n) is 52.3. The summed E-state index contributed by atoms with van der Waals surface area (Å²) in [4.78, 5) is 72.4. The molecule has 5 aromatic rings. The number of hydrogen-bond donors (Lipinski definition) is 4. The molecule has 0 unspecified atom stereocenters. The van der Waals surface area contributed by atoms with Crippen LogP contribution < -0.4 is 36.2 Å². The van der Waals surface area contributed by atoms with Crippen molar-refractivity contribution in [2.45, 2.75) is 39.0 Å². The van der Waals surface area contributed by atoms with E-state index >= 15 is 0 Å². The fourth-order valence-corrected chi connectivity index (χ4v) is 18.2. The molecular formula is C71H73N7O13Si2. The summed E-state index contributed by atoms with van der Waals surface area (Å²) in [6, 6.07) is 24.5. The van der Waals surface area contributed by atoms with Gasteiger partial charge in [-0.25, -0.2) is 9.37 Å². The third kappa shape index (κ3) is 15.1. The number of nitrogens with one attached hydrogen (secondary N) is 2. The van der Waals surface area contributed by atoms with Crippen molar-refractivity contribution >= 4 is 96.2 Å². The van der Waals surface area contributed by atoms with E-state index in [9.17, 15) is 49.6 Å². The van der Waals surface area contributed by atoms with E-state index in [0.29, 0.717) is 85.8 Å². The number of carbonyl (C=O) groups excluding carboxylic acids is 3. The van der Waals surface area contributed by atoms with Crippen LogP contribution in [0.3, 0.4) is 0 Å². The van der Waals surface area contributed by atoms with Gasteiger partial charge in [-0.05, 0) is 164 Å². The first-order valence-electron chi connectivity index (χ1n) is 29.9. The van der Waals surface area contributed by atoms with Gasteiger partial charge in [0.25, 0.3) is 23.8 Å². The maximum absolute atomic E-state index is 13.2. The number of non-ortho nitro benzene ring substituents is 1. The van der Waals surface area contributed by atoms with Crippen LogP contribution in [0.25, 0.3) is 11.1 Å². The highest BCUT2D eigenvalue weighted by atomic mass is 28.3. The van der Waals surface area contributed by atoms with E-state index in [4.69, 9.17) is 25.4 Å². The Labute approximate surface area is 541 Å². The topological polar surface area (TPSA) is 294 Å². The molecule has 1 amide bonds. The predicted molar refractivity (Wildman–Crippen MR) is 367 cm³/mol. The fraction of sp³-hybridized carbons (Fsp3) is 0.211. The molecule has 0 saturated heterocycles. The number of anilines is 2. The monoisotopic (exact) mass is 1290 g/mol. The highest BCUT2D eigenvalue weighted by molar-refractivity contribution is 6.98. The Kier molecular flexibility index (Phi) is 22.1. The van der Waals surface area contributed by atoms with Crippen LogP contribution in [0.1, 0.15) is 65.3 Å². The van der Waals surface area contributed by atoms with Crippen LogP contribution in [0.15, 0.2) is 200 Å². The van der Waals surface area contributed by atoms with E-state index < -0.39 is 43.8 Å². The fourth-order valence-electron chi connectivity index (χ4n) is 12.0. The van der Waals surface area contributed by atoms with Gasteiger partial charge in [0.15, 0.2) is 18.8 Å². The van der Waals surface area contributed by atoms with Gasteiger partial charge in [0.2, 0.25) is 0 Å². The van der Waals surface area contributed by atoms with Gasteiger partial charge >= 0.3 is 5.97 Å². The van der Waals surface area contributed by atoms with Gasteiger partial charge in [-0.2, -0.15) is 0 Å². The van der Waals surface area contributed by atoms with Crippen molar-refractivity contribution in [3.05, 3.63) is 264 Å². The Morgan fingerprint density at radius 3 is 1.91 bits per heavy atom. The molecule has 5 N–H and O–H groups in total. The molecule has 0 atom stereocenters. The van der Waals surface area contributed by atoms with Crippen molar-refractivity contribution in [2.24, 2.45) is 0 Å². The van der Waals surface area contributed by atoms with E-state index in [1.165, 1.54) is 46.8 Å².